The van der Waals surface area contributed by atoms with Crippen molar-refractivity contribution in [3.05, 3.63) is 83.6 Å². The minimum atomic E-state index is -0.304. The van der Waals surface area contributed by atoms with E-state index in [9.17, 15) is 4.79 Å². The second-order valence-corrected chi connectivity index (χ2v) is 6.07. The zero-order valence-electron chi connectivity index (χ0n) is 14.7. The normalized spacial score (nSPS) is 10.7. The summed E-state index contributed by atoms with van der Waals surface area (Å²) in [5, 5.41) is 14.5. The van der Waals surface area contributed by atoms with Gasteiger partial charge in [0, 0.05) is 18.8 Å². The molecule has 0 unspecified atom stereocenters. The number of rotatable bonds is 5. The largest absolute Gasteiger partial charge is 0.401 e. The van der Waals surface area contributed by atoms with E-state index in [2.05, 4.69) is 32.7 Å². The summed E-state index contributed by atoms with van der Waals surface area (Å²) in [5.41, 5.74) is 3.55. The highest BCUT2D eigenvalue weighted by atomic mass is 16.4. The number of benzene rings is 2. The smallest absolute Gasteiger partial charge is 0.322 e. The molecule has 0 fully saturated rings. The molecule has 0 aliphatic heterocycles. The van der Waals surface area contributed by atoms with Crippen LogP contribution in [0.25, 0.3) is 11.6 Å². The Morgan fingerprint density at radius 1 is 1.00 bits per heavy atom. The van der Waals surface area contributed by atoms with Gasteiger partial charge in [0.25, 0.3) is 11.8 Å². The molecule has 1 N–H and O–H groups in total. The first kappa shape index (κ1) is 16.7. The quantitative estimate of drug-likeness (QED) is 0.591. The van der Waals surface area contributed by atoms with Gasteiger partial charge in [-0.3, -0.25) is 14.8 Å². The highest BCUT2D eigenvalue weighted by Crippen LogP contribution is 2.19. The van der Waals surface area contributed by atoms with Crippen LogP contribution in [0.5, 0.6) is 0 Å². The van der Waals surface area contributed by atoms with Gasteiger partial charge >= 0.3 is 6.01 Å². The molecule has 4 rings (SSSR count). The van der Waals surface area contributed by atoms with E-state index >= 15 is 0 Å². The van der Waals surface area contributed by atoms with Gasteiger partial charge in [0.2, 0.25) is 0 Å². The fourth-order valence-corrected chi connectivity index (χ4v) is 2.74. The van der Waals surface area contributed by atoms with Crippen LogP contribution >= 0.6 is 0 Å². The zero-order valence-corrected chi connectivity index (χ0v) is 14.7. The lowest BCUT2D eigenvalue weighted by Crippen LogP contribution is -2.12. The van der Waals surface area contributed by atoms with Crippen LogP contribution in [0.4, 0.5) is 6.01 Å². The molecule has 7 nitrogen and oxygen atoms in total. The van der Waals surface area contributed by atoms with Gasteiger partial charge in [-0.15, -0.1) is 5.10 Å². The van der Waals surface area contributed by atoms with Crippen LogP contribution in [-0.4, -0.2) is 25.9 Å². The predicted molar refractivity (Wildman–Crippen MR) is 100 cm³/mol. The maximum absolute atomic E-state index is 12.4. The molecule has 2 heterocycles. The lowest BCUT2D eigenvalue weighted by atomic mass is 10.0. The van der Waals surface area contributed by atoms with Crippen molar-refractivity contribution < 1.29 is 9.21 Å². The molecule has 0 aliphatic carbocycles. The lowest BCUT2D eigenvalue weighted by molar-refractivity contribution is 0.102. The maximum Gasteiger partial charge on any atom is 0.322 e. The topological polar surface area (TPSA) is 85.8 Å². The summed E-state index contributed by atoms with van der Waals surface area (Å²) in [7, 11) is 1.77. The summed E-state index contributed by atoms with van der Waals surface area (Å²) >= 11 is 0. The van der Waals surface area contributed by atoms with E-state index in [1.165, 1.54) is 5.56 Å². The average molecular weight is 359 g/mol. The Morgan fingerprint density at radius 2 is 1.74 bits per heavy atom. The monoisotopic (exact) mass is 359 g/mol. The van der Waals surface area contributed by atoms with Gasteiger partial charge in [-0.2, -0.15) is 5.10 Å². The summed E-state index contributed by atoms with van der Waals surface area (Å²) in [4.78, 5) is 12.4. The van der Waals surface area contributed by atoms with E-state index in [-0.39, 0.29) is 11.9 Å². The number of hydrogen-bond donors (Lipinski definition) is 1. The number of carbonyl (C=O) groups is 1. The van der Waals surface area contributed by atoms with Gasteiger partial charge in [0.15, 0.2) is 0 Å². The Labute approximate surface area is 155 Å². The van der Waals surface area contributed by atoms with Gasteiger partial charge in [-0.1, -0.05) is 47.6 Å². The van der Waals surface area contributed by atoms with Gasteiger partial charge in [-0.05, 0) is 35.7 Å². The van der Waals surface area contributed by atoms with E-state index in [1.54, 1.807) is 36.1 Å². The Bertz CT molecular complexity index is 1050. The number of aryl methyl sites for hydroxylation is 1. The van der Waals surface area contributed by atoms with Crippen molar-refractivity contribution in [3.63, 3.8) is 0 Å². The van der Waals surface area contributed by atoms with Gasteiger partial charge < -0.3 is 4.42 Å². The average Bonchev–Trinajstić information content (AvgIpc) is 3.32. The number of amides is 1. The van der Waals surface area contributed by atoms with Gasteiger partial charge in [-0.25, -0.2) is 0 Å². The molecule has 0 aliphatic rings. The van der Waals surface area contributed by atoms with Crippen molar-refractivity contribution in [2.24, 2.45) is 7.05 Å². The predicted octanol–water partition coefficient (Wildman–Crippen LogP) is 3.31. The number of nitrogens with zero attached hydrogens (tertiary/aromatic N) is 4. The fraction of sp³-hybridized carbons (Fsp3) is 0.100. The number of anilines is 1. The molecule has 0 radical (unpaired) electrons. The Kier molecular flexibility index (Phi) is 4.49. The van der Waals surface area contributed by atoms with Crippen molar-refractivity contribution in [2.45, 2.75) is 6.42 Å². The van der Waals surface area contributed by atoms with Crippen molar-refractivity contribution in [3.8, 4) is 11.6 Å². The number of aromatic nitrogens is 4. The molecular formula is C20H17N5O2. The van der Waals surface area contributed by atoms with Crippen LogP contribution in [0.1, 0.15) is 21.5 Å². The first-order valence-corrected chi connectivity index (χ1v) is 8.45. The van der Waals surface area contributed by atoms with E-state index in [4.69, 9.17) is 4.42 Å². The third-order valence-corrected chi connectivity index (χ3v) is 4.15. The molecule has 0 atom stereocenters. The van der Waals surface area contributed by atoms with Crippen molar-refractivity contribution in [2.75, 3.05) is 5.32 Å². The Morgan fingerprint density at radius 3 is 2.44 bits per heavy atom. The van der Waals surface area contributed by atoms with E-state index in [0.29, 0.717) is 17.1 Å². The maximum atomic E-state index is 12.4. The highest BCUT2D eigenvalue weighted by Gasteiger charge is 2.14. The molecule has 0 spiro atoms. The SMILES string of the molecule is Cn1nccc1-c1nnc(NC(=O)c2ccc(Cc3ccccc3)cc2)o1. The molecular weight excluding hydrogens is 342 g/mol. The molecule has 7 heteroatoms. The minimum Gasteiger partial charge on any atom is -0.401 e. The molecule has 27 heavy (non-hydrogen) atoms. The second-order valence-electron chi connectivity index (χ2n) is 6.07. The molecule has 2 aromatic heterocycles. The van der Waals surface area contributed by atoms with Gasteiger partial charge in [0.05, 0.1) is 0 Å². The molecule has 1 amide bonds. The second kappa shape index (κ2) is 7.25. The number of nitrogens with one attached hydrogen (secondary N) is 1. The van der Waals surface area contributed by atoms with Crippen LogP contribution in [0.2, 0.25) is 0 Å². The molecule has 134 valence electrons. The van der Waals surface area contributed by atoms with E-state index in [0.717, 1.165) is 12.0 Å². The third kappa shape index (κ3) is 3.77. The first-order valence-electron chi connectivity index (χ1n) is 8.45. The molecule has 0 saturated heterocycles. The van der Waals surface area contributed by atoms with Crippen LogP contribution in [0, 0.1) is 0 Å². The van der Waals surface area contributed by atoms with Gasteiger partial charge in [0.1, 0.15) is 5.69 Å². The zero-order chi connectivity index (χ0) is 18.6. The van der Waals surface area contributed by atoms with Crippen molar-refractivity contribution in [1.29, 1.82) is 0 Å². The van der Waals surface area contributed by atoms with Crippen LogP contribution in [0.15, 0.2) is 71.3 Å². The molecule has 0 saturated carbocycles. The third-order valence-electron chi connectivity index (χ3n) is 4.15. The Balaban J connectivity index is 1.43. The lowest BCUT2D eigenvalue weighted by Gasteiger charge is -2.04. The molecule has 2 aromatic carbocycles. The van der Waals surface area contributed by atoms with Crippen molar-refractivity contribution in [1.82, 2.24) is 20.0 Å². The Hall–Kier alpha value is -3.74. The van der Waals surface area contributed by atoms with Crippen LogP contribution in [-0.2, 0) is 13.5 Å². The summed E-state index contributed by atoms with van der Waals surface area (Å²) in [6.45, 7) is 0. The standard InChI is InChI=1S/C20H17N5O2/c1-25-17(11-12-21-25)19-23-24-20(27-19)22-18(26)16-9-7-15(8-10-16)13-14-5-3-2-4-6-14/h2-12H,13H2,1H3,(H,22,24,26). The van der Waals surface area contributed by atoms with E-state index in [1.807, 2.05) is 30.3 Å². The first-order chi connectivity index (χ1) is 13.2. The number of carbonyl (C=O) groups excluding carboxylic acids is 1. The summed E-state index contributed by atoms with van der Waals surface area (Å²) in [5.74, 6) is -0.00928. The van der Waals surface area contributed by atoms with Crippen molar-refractivity contribution >= 4 is 11.9 Å². The summed E-state index contributed by atoms with van der Waals surface area (Å²) in [6.07, 6.45) is 2.45. The fourth-order valence-electron chi connectivity index (χ4n) is 2.74. The molecule has 4 aromatic rings. The minimum absolute atomic E-state index is 0.0459. The van der Waals surface area contributed by atoms with Crippen LogP contribution < -0.4 is 5.32 Å². The van der Waals surface area contributed by atoms with Crippen LogP contribution in [0.3, 0.4) is 0 Å². The summed E-state index contributed by atoms with van der Waals surface area (Å²) < 4.78 is 7.10. The summed E-state index contributed by atoms with van der Waals surface area (Å²) in [6, 6.07) is 19.4. The van der Waals surface area contributed by atoms with E-state index < -0.39 is 0 Å². The highest BCUT2D eigenvalue weighted by molar-refractivity contribution is 6.03. The number of hydrogen-bond acceptors (Lipinski definition) is 5. The molecule has 0 bridgehead atoms.